The second-order valence-corrected chi connectivity index (χ2v) is 4.72. The fraction of sp³-hybridized carbons (Fsp3) is 0. The predicted octanol–water partition coefficient (Wildman–Crippen LogP) is 3.01. The molecular weight excluding hydrogens is 258 g/mol. The second kappa shape index (κ2) is 5.97. The quantitative estimate of drug-likeness (QED) is 0.615. The summed E-state index contributed by atoms with van der Waals surface area (Å²) in [4.78, 5) is 14.0. The summed E-state index contributed by atoms with van der Waals surface area (Å²) >= 11 is 1.36. The van der Waals surface area contributed by atoms with Crippen LogP contribution in [0.1, 0.15) is 15.2 Å². The first-order valence-corrected chi connectivity index (χ1v) is 6.50. The third-order valence-corrected chi connectivity index (χ3v) is 3.43. The van der Waals surface area contributed by atoms with Gasteiger partial charge in [0.15, 0.2) is 0 Å². The normalized spacial score (nSPS) is 9.68. The summed E-state index contributed by atoms with van der Waals surface area (Å²) in [5, 5.41) is 10.0. The van der Waals surface area contributed by atoms with Gasteiger partial charge in [-0.25, -0.2) is 0 Å². The molecule has 5 heteroatoms. The molecule has 0 aliphatic heterocycles. The summed E-state index contributed by atoms with van der Waals surface area (Å²) in [6.45, 7) is 0. The number of nitrogens with two attached hydrogens (primary N) is 1. The lowest BCUT2D eigenvalue weighted by molar-refractivity contribution is 0.100. The van der Waals surface area contributed by atoms with Crippen molar-refractivity contribution in [3.63, 3.8) is 0 Å². The molecule has 96 valence electrons. The van der Waals surface area contributed by atoms with Gasteiger partial charge in [0, 0.05) is 28.9 Å². The molecule has 3 aromatic rings. The first kappa shape index (κ1) is 13.0. The molecule has 0 aliphatic rings. The van der Waals surface area contributed by atoms with Crippen LogP contribution in [-0.4, -0.2) is 17.1 Å². The van der Waals surface area contributed by atoms with Crippen LogP contribution in [0.3, 0.4) is 0 Å². The van der Waals surface area contributed by atoms with E-state index in [2.05, 4.69) is 4.98 Å². The standard InChI is InChI=1S/C9H8N2.C5H5NOS/c10-5-7-6-11-9-4-2-1-3-8(7)9;6-5(7)4-2-1-3-8-4/h1-6,10-11H;1-3H,(H2,6,7). The third-order valence-electron chi connectivity index (χ3n) is 2.54. The summed E-state index contributed by atoms with van der Waals surface area (Å²) in [7, 11) is 0. The highest BCUT2D eigenvalue weighted by Gasteiger charge is 1.97. The van der Waals surface area contributed by atoms with E-state index in [1.54, 1.807) is 12.1 Å². The molecule has 0 saturated heterocycles. The number of amides is 1. The van der Waals surface area contributed by atoms with Crippen LogP contribution in [0.5, 0.6) is 0 Å². The number of carbonyl (C=O) groups is 1. The molecule has 2 aromatic heterocycles. The smallest absolute Gasteiger partial charge is 0.258 e. The molecule has 0 atom stereocenters. The van der Waals surface area contributed by atoms with Crippen molar-refractivity contribution in [3.8, 4) is 0 Å². The molecule has 0 radical (unpaired) electrons. The maximum absolute atomic E-state index is 10.3. The van der Waals surface area contributed by atoms with Gasteiger partial charge in [-0.1, -0.05) is 24.3 Å². The Labute approximate surface area is 114 Å². The third kappa shape index (κ3) is 3.08. The van der Waals surface area contributed by atoms with Crippen LogP contribution in [0.4, 0.5) is 0 Å². The molecule has 1 amide bonds. The van der Waals surface area contributed by atoms with Crippen LogP contribution in [-0.2, 0) is 0 Å². The summed E-state index contributed by atoms with van der Waals surface area (Å²) in [6, 6.07) is 11.5. The van der Waals surface area contributed by atoms with Crippen molar-refractivity contribution < 1.29 is 4.79 Å². The Morgan fingerprint density at radius 3 is 2.63 bits per heavy atom. The molecule has 0 fully saturated rings. The number of primary amides is 1. The minimum Gasteiger partial charge on any atom is -0.365 e. The highest BCUT2D eigenvalue weighted by molar-refractivity contribution is 7.12. The zero-order valence-corrected chi connectivity index (χ0v) is 10.9. The van der Waals surface area contributed by atoms with Crippen LogP contribution < -0.4 is 5.73 Å². The fourth-order valence-corrected chi connectivity index (χ4v) is 2.21. The van der Waals surface area contributed by atoms with E-state index in [9.17, 15) is 4.79 Å². The Kier molecular flexibility index (Phi) is 4.10. The Morgan fingerprint density at radius 1 is 1.26 bits per heavy atom. The average Bonchev–Trinajstić information content (AvgIpc) is 3.09. The number of benzene rings is 1. The number of thiophene rings is 1. The maximum atomic E-state index is 10.3. The van der Waals surface area contributed by atoms with Crippen molar-refractivity contribution in [2.75, 3.05) is 0 Å². The van der Waals surface area contributed by atoms with E-state index in [1.165, 1.54) is 17.6 Å². The lowest BCUT2D eigenvalue weighted by Crippen LogP contribution is -2.07. The van der Waals surface area contributed by atoms with Crippen molar-refractivity contribution in [2.45, 2.75) is 0 Å². The topological polar surface area (TPSA) is 82.7 Å². The number of hydrogen-bond donors (Lipinski definition) is 3. The molecule has 0 aliphatic carbocycles. The SMILES string of the molecule is N=Cc1c[nH]c2ccccc12.NC(=O)c1cccs1. The van der Waals surface area contributed by atoms with E-state index >= 15 is 0 Å². The van der Waals surface area contributed by atoms with E-state index < -0.39 is 0 Å². The molecule has 19 heavy (non-hydrogen) atoms. The zero-order chi connectivity index (χ0) is 13.7. The Morgan fingerprint density at radius 2 is 2.05 bits per heavy atom. The first-order chi connectivity index (χ1) is 9.22. The van der Waals surface area contributed by atoms with E-state index in [4.69, 9.17) is 11.1 Å². The van der Waals surface area contributed by atoms with Crippen molar-refractivity contribution >= 4 is 34.4 Å². The number of aromatic nitrogens is 1. The molecule has 0 spiro atoms. The lowest BCUT2D eigenvalue weighted by atomic mass is 10.2. The molecule has 0 saturated carbocycles. The Bertz CT molecular complexity index is 686. The van der Waals surface area contributed by atoms with Crippen molar-refractivity contribution in [1.82, 2.24) is 4.98 Å². The molecule has 3 rings (SSSR count). The number of aromatic amines is 1. The van der Waals surface area contributed by atoms with Crippen LogP contribution in [0.2, 0.25) is 0 Å². The van der Waals surface area contributed by atoms with Gasteiger partial charge in [0.1, 0.15) is 0 Å². The van der Waals surface area contributed by atoms with Crippen molar-refractivity contribution in [2.24, 2.45) is 5.73 Å². The summed E-state index contributed by atoms with van der Waals surface area (Å²) in [5.41, 5.74) is 6.96. The number of hydrogen-bond acceptors (Lipinski definition) is 3. The van der Waals surface area contributed by atoms with Gasteiger partial charge in [0.2, 0.25) is 0 Å². The average molecular weight is 271 g/mol. The summed E-state index contributed by atoms with van der Waals surface area (Å²) < 4.78 is 0. The van der Waals surface area contributed by atoms with E-state index in [1.807, 2.05) is 35.8 Å². The zero-order valence-electron chi connectivity index (χ0n) is 10.1. The lowest BCUT2D eigenvalue weighted by Gasteiger charge is -1.87. The van der Waals surface area contributed by atoms with Gasteiger partial charge < -0.3 is 16.1 Å². The van der Waals surface area contributed by atoms with Gasteiger partial charge in [-0.05, 0) is 17.5 Å². The first-order valence-electron chi connectivity index (χ1n) is 5.62. The number of carbonyl (C=O) groups excluding carboxylic acids is 1. The van der Waals surface area contributed by atoms with Crippen molar-refractivity contribution in [1.29, 1.82) is 5.41 Å². The molecule has 0 bridgehead atoms. The minimum absolute atomic E-state index is 0.347. The van der Waals surface area contributed by atoms with E-state index in [-0.39, 0.29) is 5.91 Å². The monoisotopic (exact) mass is 271 g/mol. The van der Waals surface area contributed by atoms with Crippen LogP contribution in [0.15, 0.2) is 48.0 Å². The highest BCUT2D eigenvalue weighted by Crippen LogP contribution is 2.15. The number of rotatable bonds is 2. The number of fused-ring (bicyclic) bond motifs is 1. The largest absolute Gasteiger partial charge is 0.365 e. The van der Waals surface area contributed by atoms with Gasteiger partial charge in [0.05, 0.1) is 4.88 Å². The molecule has 2 heterocycles. The van der Waals surface area contributed by atoms with E-state index in [0.717, 1.165) is 16.5 Å². The Balaban J connectivity index is 0.000000148. The summed E-state index contributed by atoms with van der Waals surface area (Å²) in [6.07, 6.45) is 3.20. The molecule has 0 unspecified atom stereocenters. The van der Waals surface area contributed by atoms with Crippen molar-refractivity contribution in [3.05, 3.63) is 58.4 Å². The maximum Gasteiger partial charge on any atom is 0.258 e. The number of para-hydroxylation sites is 1. The van der Waals surface area contributed by atoms with E-state index in [0.29, 0.717) is 4.88 Å². The van der Waals surface area contributed by atoms with Gasteiger partial charge >= 0.3 is 0 Å². The van der Waals surface area contributed by atoms with Crippen LogP contribution >= 0.6 is 11.3 Å². The van der Waals surface area contributed by atoms with Crippen LogP contribution in [0, 0.1) is 5.41 Å². The molecule has 4 nitrogen and oxygen atoms in total. The molecule has 1 aromatic carbocycles. The second-order valence-electron chi connectivity index (χ2n) is 3.78. The highest BCUT2D eigenvalue weighted by atomic mass is 32.1. The summed E-state index contributed by atoms with van der Waals surface area (Å²) in [5.74, 6) is -0.347. The number of H-pyrrole nitrogens is 1. The molecule has 4 N–H and O–H groups in total. The van der Waals surface area contributed by atoms with Crippen LogP contribution in [0.25, 0.3) is 10.9 Å². The minimum atomic E-state index is -0.347. The fourth-order valence-electron chi connectivity index (χ4n) is 1.63. The van der Waals surface area contributed by atoms with Gasteiger partial charge in [-0.3, -0.25) is 4.79 Å². The molecular formula is C14H13N3OS. The Hall–Kier alpha value is -2.40. The van der Waals surface area contributed by atoms with Gasteiger partial charge in [0.25, 0.3) is 5.91 Å². The van der Waals surface area contributed by atoms with Gasteiger partial charge in [-0.2, -0.15) is 0 Å². The number of nitrogens with one attached hydrogen (secondary N) is 2. The predicted molar refractivity (Wildman–Crippen MR) is 79.0 cm³/mol. The van der Waals surface area contributed by atoms with Gasteiger partial charge in [-0.15, -0.1) is 11.3 Å².